The summed E-state index contributed by atoms with van der Waals surface area (Å²) < 4.78 is 12.1. The predicted octanol–water partition coefficient (Wildman–Crippen LogP) is 5.11. The van der Waals surface area contributed by atoms with Gasteiger partial charge in [0.2, 0.25) is 0 Å². The summed E-state index contributed by atoms with van der Waals surface area (Å²) in [5.74, 6) is -2.36. The molecule has 5 nitrogen and oxygen atoms in total. The minimum Gasteiger partial charge on any atom is -0.465 e. The van der Waals surface area contributed by atoms with E-state index >= 15 is 0 Å². The molecule has 0 aliphatic heterocycles. The number of rotatable bonds is 8. The standard InChI is InChI=1S/C20H21Br2NO4/c1-3-26-19(24)17(20(25)27-4-2)18(13-5-7-14(21)8-6-13)23-16-11-9-15(22)10-12-16/h5-12,17-18,23H,3-4H2,1-2H3. The van der Waals surface area contributed by atoms with Gasteiger partial charge in [0.05, 0.1) is 19.3 Å². The highest BCUT2D eigenvalue weighted by Gasteiger charge is 2.38. The normalized spacial score (nSPS) is 11.7. The Hall–Kier alpha value is -1.86. The van der Waals surface area contributed by atoms with Crippen LogP contribution >= 0.6 is 31.9 Å². The van der Waals surface area contributed by atoms with Gasteiger partial charge in [-0.25, -0.2) is 0 Å². The van der Waals surface area contributed by atoms with Crippen molar-refractivity contribution in [1.82, 2.24) is 0 Å². The lowest BCUT2D eigenvalue weighted by Crippen LogP contribution is -2.36. The van der Waals surface area contributed by atoms with Gasteiger partial charge < -0.3 is 14.8 Å². The summed E-state index contributed by atoms with van der Waals surface area (Å²) in [6.45, 7) is 3.77. The molecule has 0 bridgehead atoms. The highest BCUT2D eigenvalue weighted by molar-refractivity contribution is 9.10. The van der Waals surface area contributed by atoms with Gasteiger partial charge in [0.1, 0.15) is 0 Å². The Labute approximate surface area is 175 Å². The zero-order valence-corrected chi connectivity index (χ0v) is 18.2. The molecule has 0 amide bonds. The number of halogens is 2. The number of hydrogen-bond acceptors (Lipinski definition) is 5. The lowest BCUT2D eigenvalue weighted by atomic mass is 9.92. The van der Waals surface area contributed by atoms with Gasteiger partial charge in [-0.2, -0.15) is 0 Å². The van der Waals surface area contributed by atoms with E-state index in [4.69, 9.17) is 9.47 Å². The van der Waals surface area contributed by atoms with Crippen molar-refractivity contribution < 1.29 is 19.1 Å². The van der Waals surface area contributed by atoms with Crippen LogP contribution in [0.1, 0.15) is 25.5 Å². The molecule has 2 aromatic rings. The number of hydrogen-bond donors (Lipinski definition) is 1. The summed E-state index contributed by atoms with van der Waals surface area (Å²) >= 11 is 6.80. The number of anilines is 1. The molecule has 2 aromatic carbocycles. The molecule has 7 heteroatoms. The quantitative estimate of drug-likeness (QED) is 0.404. The molecule has 27 heavy (non-hydrogen) atoms. The largest absolute Gasteiger partial charge is 0.465 e. The third-order valence-corrected chi connectivity index (χ3v) is 4.87. The summed E-state index contributed by atoms with van der Waals surface area (Å²) in [5.41, 5.74) is 1.54. The average molecular weight is 499 g/mol. The van der Waals surface area contributed by atoms with Crippen LogP contribution < -0.4 is 5.32 Å². The molecule has 2 rings (SSSR count). The molecule has 1 N–H and O–H groups in total. The maximum Gasteiger partial charge on any atom is 0.322 e. The Morgan fingerprint density at radius 2 is 1.30 bits per heavy atom. The fourth-order valence-electron chi connectivity index (χ4n) is 2.59. The monoisotopic (exact) mass is 497 g/mol. The Balaban J connectivity index is 2.45. The third kappa shape index (κ3) is 6.07. The van der Waals surface area contributed by atoms with Gasteiger partial charge in [-0.05, 0) is 55.8 Å². The first-order valence-corrected chi connectivity index (χ1v) is 10.2. The molecular formula is C20H21Br2NO4. The Morgan fingerprint density at radius 3 is 1.74 bits per heavy atom. The van der Waals surface area contributed by atoms with Crippen molar-refractivity contribution in [2.24, 2.45) is 5.92 Å². The van der Waals surface area contributed by atoms with Crippen LogP contribution in [-0.2, 0) is 19.1 Å². The van der Waals surface area contributed by atoms with Gasteiger partial charge in [-0.1, -0.05) is 44.0 Å². The number of ether oxygens (including phenoxy) is 2. The molecule has 0 aromatic heterocycles. The molecule has 1 unspecified atom stereocenters. The van der Waals surface area contributed by atoms with Crippen LogP contribution in [-0.4, -0.2) is 25.2 Å². The smallest absolute Gasteiger partial charge is 0.322 e. The van der Waals surface area contributed by atoms with Crippen LogP contribution in [0.25, 0.3) is 0 Å². The molecule has 0 aliphatic rings. The van der Waals surface area contributed by atoms with Gasteiger partial charge in [0.15, 0.2) is 5.92 Å². The van der Waals surface area contributed by atoms with E-state index < -0.39 is 23.9 Å². The highest BCUT2D eigenvalue weighted by Crippen LogP contribution is 2.30. The van der Waals surface area contributed by atoms with Crippen molar-refractivity contribution in [1.29, 1.82) is 0 Å². The maximum atomic E-state index is 12.6. The van der Waals surface area contributed by atoms with Gasteiger partial charge in [-0.15, -0.1) is 0 Å². The van der Waals surface area contributed by atoms with Crippen molar-refractivity contribution in [3.63, 3.8) is 0 Å². The van der Waals surface area contributed by atoms with Crippen molar-refractivity contribution in [3.05, 3.63) is 63.0 Å². The molecule has 0 saturated carbocycles. The fraction of sp³-hybridized carbons (Fsp3) is 0.300. The van der Waals surface area contributed by atoms with Crippen LogP contribution in [0.2, 0.25) is 0 Å². The minimum atomic E-state index is -1.13. The number of benzene rings is 2. The van der Waals surface area contributed by atoms with Crippen molar-refractivity contribution >= 4 is 49.5 Å². The second-order valence-corrected chi connectivity index (χ2v) is 7.49. The van der Waals surface area contributed by atoms with Crippen molar-refractivity contribution in [3.8, 4) is 0 Å². The predicted molar refractivity (Wildman–Crippen MR) is 111 cm³/mol. The van der Waals surface area contributed by atoms with E-state index in [-0.39, 0.29) is 13.2 Å². The number of nitrogens with one attached hydrogen (secondary N) is 1. The summed E-state index contributed by atoms with van der Waals surface area (Å²) in [6, 6.07) is 14.3. The first-order chi connectivity index (χ1) is 13.0. The molecule has 0 fully saturated rings. The van der Waals surface area contributed by atoms with E-state index in [2.05, 4.69) is 37.2 Å². The SMILES string of the molecule is CCOC(=O)C(C(=O)OCC)C(Nc1ccc(Br)cc1)c1ccc(Br)cc1. The van der Waals surface area contributed by atoms with Gasteiger partial charge in [-0.3, -0.25) is 9.59 Å². The topological polar surface area (TPSA) is 64.6 Å². The number of esters is 2. The van der Waals surface area contributed by atoms with Crippen LogP contribution in [0.5, 0.6) is 0 Å². The lowest BCUT2D eigenvalue weighted by Gasteiger charge is -2.26. The summed E-state index contributed by atoms with van der Waals surface area (Å²) in [5, 5.41) is 3.28. The fourth-order valence-corrected chi connectivity index (χ4v) is 3.12. The van der Waals surface area contributed by atoms with Crippen LogP contribution in [0.3, 0.4) is 0 Å². The van der Waals surface area contributed by atoms with E-state index in [1.807, 2.05) is 48.5 Å². The van der Waals surface area contributed by atoms with Crippen LogP contribution in [0.4, 0.5) is 5.69 Å². The Bertz CT molecular complexity index is 745. The summed E-state index contributed by atoms with van der Waals surface area (Å²) in [7, 11) is 0. The van der Waals surface area contributed by atoms with E-state index in [1.54, 1.807) is 13.8 Å². The first-order valence-electron chi connectivity index (χ1n) is 8.57. The zero-order chi connectivity index (χ0) is 19.8. The van der Waals surface area contributed by atoms with E-state index in [0.29, 0.717) is 0 Å². The van der Waals surface area contributed by atoms with Crippen molar-refractivity contribution in [2.75, 3.05) is 18.5 Å². The summed E-state index contributed by atoms with van der Waals surface area (Å²) in [6.07, 6.45) is 0. The molecule has 144 valence electrons. The Morgan fingerprint density at radius 1 is 0.852 bits per heavy atom. The average Bonchev–Trinajstić information content (AvgIpc) is 2.64. The number of carbonyl (C=O) groups is 2. The molecule has 0 radical (unpaired) electrons. The van der Waals surface area contributed by atoms with E-state index in [0.717, 1.165) is 20.2 Å². The Kier molecular flexibility index (Phi) is 8.31. The minimum absolute atomic E-state index is 0.181. The second kappa shape index (κ2) is 10.5. The molecule has 0 spiro atoms. The van der Waals surface area contributed by atoms with E-state index in [1.165, 1.54) is 0 Å². The van der Waals surface area contributed by atoms with E-state index in [9.17, 15) is 9.59 Å². The first kappa shape index (κ1) is 21.4. The number of carbonyl (C=O) groups excluding carboxylic acids is 2. The van der Waals surface area contributed by atoms with Crippen molar-refractivity contribution in [2.45, 2.75) is 19.9 Å². The molecule has 1 atom stereocenters. The van der Waals surface area contributed by atoms with Crippen LogP contribution in [0, 0.1) is 5.92 Å². The molecular weight excluding hydrogens is 478 g/mol. The highest BCUT2D eigenvalue weighted by atomic mass is 79.9. The second-order valence-electron chi connectivity index (χ2n) is 5.66. The molecule has 0 heterocycles. The lowest BCUT2D eigenvalue weighted by molar-refractivity contribution is -0.162. The third-order valence-electron chi connectivity index (χ3n) is 3.81. The van der Waals surface area contributed by atoms with Gasteiger partial charge in [0, 0.05) is 14.6 Å². The van der Waals surface area contributed by atoms with Gasteiger partial charge >= 0.3 is 11.9 Å². The summed E-state index contributed by atoms with van der Waals surface area (Å²) in [4.78, 5) is 25.2. The van der Waals surface area contributed by atoms with Gasteiger partial charge in [0.25, 0.3) is 0 Å². The zero-order valence-electron chi connectivity index (χ0n) is 15.1. The van der Waals surface area contributed by atoms with Crippen LogP contribution in [0.15, 0.2) is 57.5 Å². The molecule has 0 aliphatic carbocycles. The molecule has 0 saturated heterocycles. The maximum absolute atomic E-state index is 12.6.